The molecule has 0 saturated carbocycles. The third-order valence-electron chi connectivity index (χ3n) is 3.33. The number of rotatable bonds is 6. The molecule has 0 atom stereocenters. The molecule has 0 spiro atoms. The molecule has 1 aliphatic heterocycles. The Morgan fingerprint density at radius 1 is 1.20 bits per heavy atom. The molecule has 1 N–H and O–H groups in total. The maximum Gasteiger partial charge on any atom is 0.0119 e. The molecule has 1 aliphatic rings. The van der Waals surface area contributed by atoms with Crippen molar-refractivity contribution < 1.29 is 0 Å². The van der Waals surface area contributed by atoms with Gasteiger partial charge < -0.3 is 10.2 Å². The summed E-state index contributed by atoms with van der Waals surface area (Å²) in [6.45, 7) is 12.0. The molecular weight excluding hydrogens is 184 g/mol. The first-order valence-corrected chi connectivity index (χ1v) is 6.68. The van der Waals surface area contributed by atoms with E-state index in [0.717, 1.165) is 12.0 Å². The molecule has 0 aromatic rings. The Morgan fingerprint density at radius 3 is 2.40 bits per heavy atom. The lowest BCUT2D eigenvalue weighted by atomic mass is 10.0. The maximum atomic E-state index is 3.45. The van der Waals surface area contributed by atoms with E-state index in [1.807, 2.05) is 0 Å². The van der Waals surface area contributed by atoms with Crippen LogP contribution in [0.25, 0.3) is 0 Å². The van der Waals surface area contributed by atoms with Crippen LogP contribution in [0.15, 0.2) is 0 Å². The molecule has 1 saturated heterocycles. The topological polar surface area (TPSA) is 15.3 Å². The van der Waals surface area contributed by atoms with Crippen molar-refractivity contribution in [1.29, 1.82) is 0 Å². The van der Waals surface area contributed by atoms with E-state index in [1.54, 1.807) is 0 Å². The van der Waals surface area contributed by atoms with Crippen LogP contribution in [-0.2, 0) is 0 Å². The van der Waals surface area contributed by atoms with Crippen molar-refractivity contribution in [3.63, 3.8) is 0 Å². The second-order valence-electron chi connectivity index (χ2n) is 5.20. The summed E-state index contributed by atoms with van der Waals surface area (Å²) in [5.74, 6) is 0.839. The van der Waals surface area contributed by atoms with Crippen molar-refractivity contribution in [2.24, 2.45) is 5.92 Å². The minimum Gasteiger partial charge on any atom is -0.317 e. The standard InChI is InChI=1S/C13H28N2/c1-4-10-15(11-7-12(2)3)13-5-8-14-9-6-13/h12-14H,4-11H2,1-3H3. The first kappa shape index (κ1) is 13.0. The minimum absolute atomic E-state index is 0.839. The van der Waals surface area contributed by atoms with Gasteiger partial charge in [0, 0.05) is 6.04 Å². The van der Waals surface area contributed by atoms with E-state index in [1.165, 1.54) is 51.9 Å². The third kappa shape index (κ3) is 4.98. The summed E-state index contributed by atoms with van der Waals surface area (Å²) in [5.41, 5.74) is 0. The van der Waals surface area contributed by atoms with Crippen LogP contribution in [-0.4, -0.2) is 37.1 Å². The molecule has 90 valence electrons. The van der Waals surface area contributed by atoms with Crippen molar-refractivity contribution >= 4 is 0 Å². The molecule has 2 nitrogen and oxygen atoms in total. The van der Waals surface area contributed by atoms with Gasteiger partial charge in [0.2, 0.25) is 0 Å². The average molecular weight is 212 g/mol. The molecule has 2 heteroatoms. The highest BCUT2D eigenvalue weighted by Crippen LogP contribution is 2.14. The van der Waals surface area contributed by atoms with E-state index < -0.39 is 0 Å². The van der Waals surface area contributed by atoms with Crippen molar-refractivity contribution in [3.8, 4) is 0 Å². The lowest BCUT2D eigenvalue weighted by molar-refractivity contribution is 0.154. The Hall–Kier alpha value is -0.0800. The van der Waals surface area contributed by atoms with Gasteiger partial charge in [0.25, 0.3) is 0 Å². The fraction of sp³-hybridized carbons (Fsp3) is 1.00. The van der Waals surface area contributed by atoms with E-state index in [0.29, 0.717) is 0 Å². The van der Waals surface area contributed by atoms with Crippen LogP contribution in [0, 0.1) is 5.92 Å². The summed E-state index contributed by atoms with van der Waals surface area (Å²) in [6.07, 6.45) is 5.34. The second kappa shape index (κ2) is 7.24. The summed E-state index contributed by atoms with van der Waals surface area (Å²) in [6, 6.07) is 0.852. The Bertz CT molecular complexity index is 151. The zero-order chi connectivity index (χ0) is 11.1. The highest BCUT2D eigenvalue weighted by atomic mass is 15.2. The van der Waals surface area contributed by atoms with Gasteiger partial charge in [-0.3, -0.25) is 0 Å². The maximum absolute atomic E-state index is 3.45. The second-order valence-corrected chi connectivity index (χ2v) is 5.20. The van der Waals surface area contributed by atoms with Crippen molar-refractivity contribution in [1.82, 2.24) is 10.2 Å². The zero-order valence-corrected chi connectivity index (χ0v) is 10.8. The van der Waals surface area contributed by atoms with Gasteiger partial charge in [0.1, 0.15) is 0 Å². The highest BCUT2D eigenvalue weighted by Gasteiger charge is 2.19. The number of piperidine rings is 1. The van der Waals surface area contributed by atoms with E-state index in [2.05, 4.69) is 31.0 Å². The normalized spacial score (nSPS) is 19.0. The smallest absolute Gasteiger partial charge is 0.0119 e. The monoisotopic (exact) mass is 212 g/mol. The molecule has 0 aromatic heterocycles. The SMILES string of the molecule is CCCN(CCC(C)C)C1CCNCC1. The van der Waals surface area contributed by atoms with E-state index >= 15 is 0 Å². The van der Waals surface area contributed by atoms with Crippen molar-refractivity contribution in [2.45, 2.75) is 52.5 Å². The fourth-order valence-corrected chi connectivity index (χ4v) is 2.36. The number of nitrogens with zero attached hydrogens (tertiary/aromatic N) is 1. The summed E-state index contributed by atoms with van der Waals surface area (Å²) < 4.78 is 0. The van der Waals surface area contributed by atoms with Gasteiger partial charge in [-0.1, -0.05) is 20.8 Å². The van der Waals surface area contributed by atoms with Crippen LogP contribution in [0.2, 0.25) is 0 Å². The van der Waals surface area contributed by atoms with Gasteiger partial charge in [0.15, 0.2) is 0 Å². The average Bonchev–Trinajstić information content (AvgIpc) is 2.25. The molecule has 1 rings (SSSR count). The van der Waals surface area contributed by atoms with Gasteiger partial charge in [-0.05, 0) is 57.8 Å². The fourth-order valence-electron chi connectivity index (χ4n) is 2.36. The molecule has 0 aromatic carbocycles. The molecule has 15 heavy (non-hydrogen) atoms. The molecule has 1 heterocycles. The molecule has 0 aliphatic carbocycles. The van der Waals surface area contributed by atoms with Gasteiger partial charge in [-0.15, -0.1) is 0 Å². The Labute approximate surface area is 95.4 Å². The van der Waals surface area contributed by atoms with Crippen LogP contribution in [0.4, 0.5) is 0 Å². The van der Waals surface area contributed by atoms with Gasteiger partial charge in [-0.25, -0.2) is 0 Å². The molecule has 0 amide bonds. The Morgan fingerprint density at radius 2 is 1.87 bits per heavy atom. The predicted octanol–water partition coefficient (Wildman–Crippen LogP) is 2.50. The Kier molecular flexibility index (Phi) is 6.26. The van der Waals surface area contributed by atoms with Crippen LogP contribution in [0.3, 0.4) is 0 Å². The van der Waals surface area contributed by atoms with Crippen LogP contribution in [0.1, 0.15) is 46.5 Å². The molecule has 0 radical (unpaired) electrons. The number of nitrogens with one attached hydrogen (secondary N) is 1. The highest BCUT2D eigenvalue weighted by molar-refractivity contribution is 4.77. The van der Waals surface area contributed by atoms with Gasteiger partial charge >= 0.3 is 0 Å². The zero-order valence-electron chi connectivity index (χ0n) is 10.8. The van der Waals surface area contributed by atoms with E-state index in [9.17, 15) is 0 Å². The van der Waals surface area contributed by atoms with Crippen LogP contribution >= 0.6 is 0 Å². The summed E-state index contributed by atoms with van der Waals surface area (Å²) in [5, 5.41) is 3.45. The molecule has 0 bridgehead atoms. The van der Waals surface area contributed by atoms with E-state index in [-0.39, 0.29) is 0 Å². The Balaban J connectivity index is 2.33. The largest absolute Gasteiger partial charge is 0.317 e. The van der Waals surface area contributed by atoms with Gasteiger partial charge in [0.05, 0.1) is 0 Å². The first-order chi connectivity index (χ1) is 7.24. The van der Waals surface area contributed by atoms with Crippen molar-refractivity contribution in [3.05, 3.63) is 0 Å². The van der Waals surface area contributed by atoms with Crippen LogP contribution < -0.4 is 5.32 Å². The summed E-state index contributed by atoms with van der Waals surface area (Å²) >= 11 is 0. The van der Waals surface area contributed by atoms with Gasteiger partial charge in [-0.2, -0.15) is 0 Å². The molecular formula is C13H28N2. The van der Waals surface area contributed by atoms with E-state index in [4.69, 9.17) is 0 Å². The third-order valence-corrected chi connectivity index (χ3v) is 3.33. The van der Waals surface area contributed by atoms with Crippen LogP contribution in [0.5, 0.6) is 0 Å². The molecule has 0 unspecified atom stereocenters. The quantitative estimate of drug-likeness (QED) is 0.728. The summed E-state index contributed by atoms with van der Waals surface area (Å²) in [4.78, 5) is 2.72. The summed E-state index contributed by atoms with van der Waals surface area (Å²) in [7, 11) is 0. The minimum atomic E-state index is 0.839. The number of hydrogen-bond donors (Lipinski definition) is 1. The lowest BCUT2D eigenvalue weighted by Crippen LogP contribution is -2.44. The number of hydrogen-bond acceptors (Lipinski definition) is 2. The molecule has 1 fully saturated rings. The van der Waals surface area contributed by atoms with Crippen molar-refractivity contribution in [2.75, 3.05) is 26.2 Å². The lowest BCUT2D eigenvalue weighted by Gasteiger charge is -2.34. The first-order valence-electron chi connectivity index (χ1n) is 6.68. The predicted molar refractivity (Wildman–Crippen MR) is 67.2 cm³/mol.